The summed E-state index contributed by atoms with van der Waals surface area (Å²) < 4.78 is 8.67. The van der Waals surface area contributed by atoms with Crippen LogP contribution in [0.4, 0.5) is 0 Å². The summed E-state index contributed by atoms with van der Waals surface area (Å²) in [4.78, 5) is 40.4. The molecule has 0 amide bonds. The molecule has 0 saturated carbocycles. The van der Waals surface area contributed by atoms with Gasteiger partial charge >= 0.3 is 5.97 Å². The Bertz CT molecular complexity index is 1620. The second-order valence-electron chi connectivity index (χ2n) is 8.28. The molecule has 0 aliphatic carbocycles. The van der Waals surface area contributed by atoms with Crippen LogP contribution in [0.1, 0.15) is 49.4 Å². The Kier molecular flexibility index (Phi) is 5.36. The molecule has 1 atom stereocenters. The van der Waals surface area contributed by atoms with Gasteiger partial charge in [0, 0.05) is 11.7 Å². The maximum absolute atomic E-state index is 13.7. The molecule has 8 heteroatoms. The third-order valence-electron chi connectivity index (χ3n) is 6.15. The summed E-state index contributed by atoms with van der Waals surface area (Å²) >= 11 is 0. The minimum absolute atomic E-state index is 0.0000714. The number of para-hydroxylation sites is 2. The number of hydrogen-bond acceptors (Lipinski definition) is 6. The van der Waals surface area contributed by atoms with Crippen LogP contribution < -0.4 is 5.56 Å². The zero-order chi connectivity index (χ0) is 24.0. The van der Waals surface area contributed by atoms with Crippen molar-refractivity contribution in [1.29, 1.82) is 0 Å². The molecule has 0 radical (unpaired) electrons. The predicted molar refractivity (Wildman–Crippen MR) is 132 cm³/mol. The van der Waals surface area contributed by atoms with E-state index in [2.05, 4.69) is 0 Å². The van der Waals surface area contributed by atoms with E-state index in [1.54, 1.807) is 35.8 Å². The lowest BCUT2D eigenvalue weighted by Crippen LogP contribution is -2.26. The Balaban J connectivity index is 1.87. The molecule has 0 spiro atoms. The van der Waals surface area contributed by atoms with Crippen LogP contribution in [0.25, 0.3) is 38.9 Å². The van der Waals surface area contributed by atoms with Gasteiger partial charge in [0.25, 0.3) is 5.56 Å². The SMILES string of the molecule is CCOC(=O)c1ccc(-n2c3nc4ccccc4nc3c3c(=O)n([C@H](C)CC)c(C)nc32)cc1. The monoisotopic (exact) mass is 455 g/mol. The number of ether oxygens (including phenoxy) is 1. The van der Waals surface area contributed by atoms with Crippen LogP contribution in [-0.4, -0.2) is 36.7 Å². The molecule has 0 unspecified atom stereocenters. The Morgan fingerprint density at radius 3 is 2.29 bits per heavy atom. The molecule has 0 N–H and O–H groups in total. The maximum atomic E-state index is 13.7. The molecule has 5 aromatic rings. The second kappa shape index (κ2) is 8.37. The van der Waals surface area contributed by atoms with Crippen LogP contribution in [0.15, 0.2) is 53.3 Å². The van der Waals surface area contributed by atoms with E-state index < -0.39 is 0 Å². The van der Waals surface area contributed by atoms with E-state index in [4.69, 9.17) is 19.7 Å². The molecule has 0 bridgehead atoms. The Morgan fingerprint density at radius 1 is 0.971 bits per heavy atom. The van der Waals surface area contributed by atoms with Gasteiger partial charge in [-0.1, -0.05) is 19.1 Å². The molecule has 0 saturated heterocycles. The number of esters is 1. The maximum Gasteiger partial charge on any atom is 0.338 e. The van der Waals surface area contributed by atoms with Crippen LogP contribution in [-0.2, 0) is 4.74 Å². The number of nitrogens with zero attached hydrogens (tertiary/aromatic N) is 5. The van der Waals surface area contributed by atoms with Crippen LogP contribution in [0.2, 0.25) is 0 Å². The third-order valence-corrected chi connectivity index (χ3v) is 6.15. The molecule has 34 heavy (non-hydrogen) atoms. The van der Waals surface area contributed by atoms with Gasteiger partial charge < -0.3 is 4.74 Å². The molecule has 3 heterocycles. The number of carbonyl (C=O) groups excluding carboxylic acids is 1. The lowest BCUT2D eigenvalue weighted by atomic mass is 10.2. The average Bonchev–Trinajstić information content (AvgIpc) is 3.15. The molecule has 2 aromatic carbocycles. The number of rotatable bonds is 5. The number of hydrogen-bond donors (Lipinski definition) is 0. The first-order valence-electron chi connectivity index (χ1n) is 11.4. The lowest BCUT2D eigenvalue weighted by Gasteiger charge is -2.16. The zero-order valence-electron chi connectivity index (χ0n) is 19.6. The van der Waals surface area contributed by atoms with Gasteiger partial charge in [0.1, 0.15) is 16.7 Å². The van der Waals surface area contributed by atoms with E-state index in [1.807, 2.05) is 49.6 Å². The first-order chi connectivity index (χ1) is 16.4. The fourth-order valence-corrected chi connectivity index (χ4v) is 4.32. The summed E-state index contributed by atoms with van der Waals surface area (Å²) in [5.74, 6) is 0.246. The van der Waals surface area contributed by atoms with Gasteiger partial charge in [-0.3, -0.25) is 13.9 Å². The van der Waals surface area contributed by atoms with E-state index in [9.17, 15) is 9.59 Å². The highest BCUT2D eigenvalue weighted by Gasteiger charge is 2.23. The Hall–Kier alpha value is -4.07. The van der Waals surface area contributed by atoms with Gasteiger partial charge in [0.05, 0.1) is 23.2 Å². The van der Waals surface area contributed by atoms with E-state index in [0.29, 0.717) is 45.7 Å². The van der Waals surface area contributed by atoms with Crippen molar-refractivity contribution in [1.82, 2.24) is 24.1 Å². The molecule has 0 aliphatic heterocycles. The molecule has 5 rings (SSSR count). The van der Waals surface area contributed by atoms with E-state index in [-0.39, 0.29) is 17.6 Å². The van der Waals surface area contributed by atoms with Crippen molar-refractivity contribution in [3.05, 3.63) is 70.3 Å². The molecule has 0 fully saturated rings. The Labute approximate surface area is 195 Å². The number of aryl methyl sites for hydroxylation is 1. The van der Waals surface area contributed by atoms with Crippen LogP contribution in [0.5, 0.6) is 0 Å². The molecule has 0 aliphatic rings. The van der Waals surface area contributed by atoms with Gasteiger partial charge in [-0.2, -0.15) is 0 Å². The summed E-state index contributed by atoms with van der Waals surface area (Å²) in [6, 6.07) is 14.6. The average molecular weight is 456 g/mol. The van der Waals surface area contributed by atoms with Gasteiger partial charge in [-0.25, -0.2) is 19.7 Å². The second-order valence-corrected chi connectivity index (χ2v) is 8.28. The minimum Gasteiger partial charge on any atom is -0.462 e. The van der Waals surface area contributed by atoms with Crippen LogP contribution in [0, 0.1) is 6.92 Å². The molecule has 8 nitrogen and oxygen atoms in total. The first-order valence-corrected chi connectivity index (χ1v) is 11.4. The minimum atomic E-state index is -0.382. The van der Waals surface area contributed by atoms with Crippen molar-refractivity contribution in [2.75, 3.05) is 6.61 Å². The summed E-state index contributed by atoms with van der Waals surface area (Å²) in [6.07, 6.45) is 0.802. The fraction of sp³-hybridized carbons (Fsp3) is 0.269. The van der Waals surface area contributed by atoms with Crippen molar-refractivity contribution in [3.8, 4) is 5.69 Å². The molecule has 172 valence electrons. The highest BCUT2D eigenvalue weighted by Crippen LogP contribution is 2.29. The van der Waals surface area contributed by atoms with E-state index in [1.165, 1.54) is 0 Å². The van der Waals surface area contributed by atoms with Gasteiger partial charge in [0.15, 0.2) is 11.3 Å². The zero-order valence-corrected chi connectivity index (χ0v) is 19.6. The largest absolute Gasteiger partial charge is 0.462 e. The smallest absolute Gasteiger partial charge is 0.338 e. The van der Waals surface area contributed by atoms with E-state index >= 15 is 0 Å². The van der Waals surface area contributed by atoms with Crippen LogP contribution >= 0.6 is 0 Å². The van der Waals surface area contributed by atoms with Crippen molar-refractivity contribution < 1.29 is 9.53 Å². The number of carbonyl (C=O) groups is 1. The van der Waals surface area contributed by atoms with E-state index in [0.717, 1.165) is 17.6 Å². The van der Waals surface area contributed by atoms with Crippen molar-refractivity contribution >= 4 is 39.2 Å². The van der Waals surface area contributed by atoms with Gasteiger partial charge in [0.2, 0.25) is 0 Å². The molecular formula is C26H25N5O3. The summed E-state index contributed by atoms with van der Waals surface area (Å²) in [7, 11) is 0. The summed E-state index contributed by atoms with van der Waals surface area (Å²) in [6.45, 7) is 7.98. The van der Waals surface area contributed by atoms with Gasteiger partial charge in [-0.15, -0.1) is 0 Å². The Morgan fingerprint density at radius 2 is 1.65 bits per heavy atom. The lowest BCUT2D eigenvalue weighted by molar-refractivity contribution is 0.0526. The fourth-order valence-electron chi connectivity index (χ4n) is 4.32. The first kappa shape index (κ1) is 21.8. The topological polar surface area (TPSA) is 91.9 Å². The van der Waals surface area contributed by atoms with Gasteiger partial charge in [-0.05, 0) is 63.6 Å². The molecular weight excluding hydrogens is 430 g/mol. The van der Waals surface area contributed by atoms with Crippen molar-refractivity contribution in [3.63, 3.8) is 0 Å². The third kappa shape index (κ3) is 3.34. The van der Waals surface area contributed by atoms with Crippen LogP contribution in [0.3, 0.4) is 0 Å². The number of aromatic nitrogens is 5. The molecule has 3 aromatic heterocycles. The van der Waals surface area contributed by atoms with Crippen molar-refractivity contribution in [2.24, 2.45) is 0 Å². The number of fused-ring (bicyclic) bond motifs is 4. The summed E-state index contributed by atoms with van der Waals surface area (Å²) in [5, 5.41) is 0.439. The normalized spacial score (nSPS) is 12.5. The number of benzene rings is 2. The standard InChI is InChI=1S/C26H25N5O3/c1-5-15(3)30-16(4)27-23-21(25(30)32)22-24(29-20-10-8-7-9-19(20)28-22)31(23)18-13-11-17(12-14-18)26(33)34-6-2/h7-15H,5-6H2,1-4H3/t15-/m1/s1. The summed E-state index contributed by atoms with van der Waals surface area (Å²) in [5.41, 5.74) is 4.03. The highest BCUT2D eigenvalue weighted by molar-refractivity contribution is 6.06. The predicted octanol–water partition coefficient (Wildman–Crippen LogP) is 4.74. The quantitative estimate of drug-likeness (QED) is 0.356. The highest BCUT2D eigenvalue weighted by atomic mass is 16.5. The van der Waals surface area contributed by atoms with Crippen molar-refractivity contribution in [2.45, 2.75) is 40.2 Å².